The van der Waals surface area contributed by atoms with Crippen LogP contribution in [0.2, 0.25) is 0 Å². The van der Waals surface area contributed by atoms with Crippen molar-refractivity contribution < 1.29 is 35.1 Å². The number of anilines is 1. The molecule has 0 radical (unpaired) electrons. The molecule has 2 rings (SSSR count). The number of sulfone groups is 2. The summed E-state index contributed by atoms with van der Waals surface area (Å²) < 4.78 is 76.5. The molecule has 30 heavy (non-hydrogen) atoms. The first-order chi connectivity index (χ1) is 13.7. The molecular weight excluding hydrogens is 442 g/mol. The summed E-state index contributed by atoms with van der Waals surface area (Å²) in [4.78, 5) is 11.9. The highest BCUT2D eigenvalue weighted by Gasteiger charge is 2.32. The van der Waals surface area contributed by atoms with Gasteiger partial charge >= 0.3 is 5.91 Å². The summed E-state index contributed by atoms with van der Waals surface area (Å²) in [5.74, 6) is -5.74. The first-order valence-electron chi connectivity index (χ1n) is 8.76. The lowest BCUT2D eigenvalue weighted by Gasteiger charge is -2.15. The fraction of sp³-hybridized carbons (Fsp3) is 0.333. The lowest BCUT2D eigenvalue weighted by Crippen LogP contribution is -2.34. The molecule has 0 fully saturated rings. The van der Waals surface area contributed by atoms with E-state index in [0.29, 0.717) is 13.1 Å². The standard InChI is InChI=1S/C18H20F2N2O6S2/c1-4-29(25,26)13-7-6-8-14(30(27,28)5-2)16(13)17(23)21-15-10-9-12(11-22(15)24)18(3,19)20/h6-11H,4-5H2,1-3H3,(H,21,23). The predicted octanol–water partition coefficient (Wildman–Crippen LogP) is 2.27. The molecule has 8 nitrogen and oxygen atoms in total. The molecule has 12 heteroatoms. The van der Waals surface area contributed by atoms with Crippen LogP contribution in [0.4, 0.5) is 14.6 Å². The summed E-state index contributed by atoms with van der Waals surface area (Å²) in [6.07, 6.45) is 0.563. The van der Waals surface area contributed by atoms with E-state index in [4.69, 9.17) is 0 Å². The summed E-state index contributed by atoms with van der Waals surface area (Å²) in [6, 6.07) is 5.22. The van der Waals surface area contributed by atoms with Gasteiger partial charge < -0.3 is 5.21 Å². The molecule has 0 atom stereocenters. The van der Waals surface area contributed by atoms with Crippen LogP contribution in [0.1, 0.15) is 36.7 Å². The van der Waals surface area contributed by atoms with Crippen molar-refractivity contribution in [1.29, 1.82) is 0 Å². The summed E-state index contributed by atoms with van der Waals surface area (Å²) in [5, 5.41) is 14.2. The van der Waals surface area contributed by atoms with Gasteiger partial charge in [0, 0.05) is 13.0 Å². The van der Waals surface area contributed by atoms with E-state index >= 15 is 0 Å². The minimum Gasteiger partial charge on any atom is -0.711 e. The summed E-state index contributed by atoms with van der Waals surface area (Å²) in [7, 11) is -8.01. The van der Waals surface area contributed by atoms with Crippen molar-refractivity contribution in [1.82, 2.24) is 0 Å². The Labute approximate surface area is 173 Å². The van der Waals surface area contributed by atoms with E-state index < -0.39 is 69.7 Å². The number of rotatable bonds is 7. The van der Waals surface area contributed by atoms with Crippen LogP contribution in [0.5, 0.6) is 0 Å². The first kappa shape index (κ1) is 23.7. The Hall–Kier alpha value is -2.60. The number of aromatic nitrogens is 1. The maximum absolute atomic E-state index is 13.4. The summed E-state index contributed by atoms with van der Waals surface area (Å²) in [5.41, 5.74) is -1.23. The maximum Gasteiger partial charge on any atom is 0.341 e. The van der Waals surface area contributed by atoms with E-state index in [-0.39, 0.29) is 4.73 Å². The minimum absolute atomic E-state index is 0.0183. The van der Waals surface area contributed by atoms with Crippen LogP contribution in [0.25, 0.3) is 0 Å². The fourth-order valence-corrected chi connectivity index (χ4v) is 4.87. The van der Waals surface area contributed by atoms with E-state index in [9.17, 15) is 35.6 Å². The number of benzene rings is 1. The molecule has 1 amide bonds. The van der Waals surface area contributed by atoms with Gasteiger partial charge in [-0.2, -0.15) is 0 Å². The van der Waals surface area contributed by atoms with Gasteiger partial charge in [0.15, 0.2) is 19.7 Å². The molecule has 0 aliphatic heterocycles. The van der Waals surface area contributed by atoms with Gasteiger partial charge in [-0.15, -0.1) is 0 Å². The Morgan fingerprint density at radius 2 is 1.53 bits per heavy atom. The lowest BCUT2D eigenvalue weighted by atomic mass is 10.1. The van der Waals surface area contributed by atoms with E-state index in [1.807, 2.05) is 0 Å². The molecule has 1 heterocycles. The van der Waals surface area contributed by atoms with Crippen molar-refractivity contribution in [2.24, 2.45) is 0 Å². The van der Waals surface area contributed by atoms with Crippen molar-refractivity contribution in [2.45, 2.75) is 36.5 Å². The van der Waals surface area contributed by atoms with Gasteiger partial charge in [0.2, 0.25) is 0 Å². The van der Waals surface area contributed by atoms with Crippen LogP contribution in [0.15, 0.2) is 46.3 Å². The zero-order chi connectivity index (χ0) is 22.9. The summed E-state index contributed by atoms with van der Waals surface area (Å²) in [6.45, 7) is 3.24. The largest absolute Gasteiger partial charge is 0.711 e. The number of carbonyl (C=O) groups is 1. The molecule has 1 aromatic carbocycles. The molecule has 1 aromatic heterocycles. The Balaban J connectivity index is 2.64. The Bertz CT molecular complexity index is 1140. The van der Waals surface area contributed by atoms with Crippen molar-refractivity contribution >= 4 is 31.4 Å². The second-order valence-electron chi connectivity index (χ2n) is 6.41. The zero-order valence-electron chi connectivity index (χ0n) is 16.3. The molecule has 1 N–H and O–H groups in total. The molecule has 2 aromatic rings. The highest BCUT2D eigenvalue weighted by Crippen LogP contribution is 2.28. The van der Waals surface area contributed by atoms with Crippen molar-refractivity contribution in [3.63, 3.8) is 0 Å². The first-order valence-corrected chi connectivity index (χ1v) is 12.1. The van der Waals surface area contributed by atoms with Gasteiger partial charge in [-0.25, -0.2) is 40.5 Å². The molecule has 0 bridgehead atoms. The average Bonchev–Trinajstić information content (AvgIpc) is 2.68. The SMILES string of the molecule is CCS(=O)(=O)c1cccc(S(=O)(=O)CC)c1C(=O)Nc1ccc(C(C)(F)F)c[n+]1[O-]. The third kappa shape index (κ3) is 4.75. The van der Waals surface area contributed by atoms with E-state index in [2.05, 4.69) is 5.32 Å². The molecular formula is C18H20F2N2O6S2. The van der Waals surface area contributed by atoms with Gasteiger partial charge in [0.05, 0.1) is 26.9 Å². The van der Waals surface area contributed by atoms with E-state index in [1.165, 1.54) is 19.9 Å². The second-order valence-corrected chi connectivity index (χ2v) is 10.9. The Kier molecular flexibility index (Phi) is 6.52. The molecule has 0 spiro atoms. The highest BCUT2D eigenvalue weighted by atomic mass is 32.2. The highest BCUT2D eigenvalue weighted by molar-refractivity contribution is 7.92. The zero-order valence-corrected chi connectivity index (χ0v) is 18.0. The number of alkyl halides is 2. The smallest absolute Gasteiger partial charge is 0.341 e. The number of pyridine rings is 1. The number of carbonyl (C=O) groups excluding carboxylic acids is 1. The van der Waals surface area contributed by atoms with Crippen LogP contribution in [-0.4, -0.2) is 34.2 Å². The number of nitrogens with zero attached hydrogens (tertiary/aromatic N) is 1. The second kappa shape index (κ2) is 8.26. The van der Waals surface area contributed by atoms with Gasteiger partial charge in [-0.3, -0.25) is 0 Å². The van der Waals surface area contributed by atoms with Crippen LogP contribution in [-0.2, 0) is 25.6 Å². The molecule has 0 unspecified atom stereocenters. The van der Waals surface area contributed by atoms with E-state index in [0.717, 1.165) is 24.3 Å². The van der Waals surface area contributed by atoms with Crippen LogP contribution in [0, 0.1) is 5.21 Å². The quantitative estimate of drug-likeness (QED) is 0.497. The van der Waals surface area contributed by atoms with Crippen molar-refractivity contribution in [3.8, 4) is 0 Å². The number of amides is 1. The van der Waals surface area contributed by atoms with E-state index in [1.54, 1.807) is 0 Å². The maximum atomic E-state index is 13.4. The normalized spacial score (nSPS) is 12.6. The topological polar surface area (TPSA) is 124 Å². The molecule has 0 saturated heterocycles. The number of nitrogens with one attached hydrogen (secondary N) is 1. The molecule has 164 valence electrons. The van der Waals surface area contributed by atoms with Gasteiger partial charge in [0.25, 0.3) is 11.7 Å². The number of hydrogen-bond acceptors (Lipinski definition) is 6. The minimum atomic E-state index is -4.00. The fourth-order valence-electron chi connectivity index (χ4n) is 2.58. The Morgan fingerprint density at radius 3 is 1.93 bits per heavy atom. The Morgan fingerprint density at radius 1 is 1.03 bits per heavy atom. The van der Waals surface area contributed by atoms with Crippen LogP contribution < -0.4 is 10.0 Å². The van der Waals surface area contributed by atoms with Gasteiger partial charge in [-0.1, -0.05) is 19.9 Å². The van der Waals surface area contributed by atoms with Crippen molar-refractivity contribution in [3.05, 3.63) is 52.9 Å². The molecule has 0 aliphatic carbocycles. The molecule has 0 saturated carbocycles. The summed E-state index contributed by atoms with van der Waals surface area (Å²) >= 11 is 0. The van der Waals surface area contributed by atoms with Crippen molar-refractivity contribution in [2.75, 3.05) is 16.8 Å². The predicted molar refractivity (Wildman–Crippen MR) is 105 cm³/mol. The van der Waals surface area contributed by atoms with Gasteiger partial charge in [0.1, 0.15) is 11.8 Å². The van der Waals surface area contributed by atoms with Crippen LogP contribution in [0.3, 0.4) is 0 Å². The lowest BCUT2D eigenvalue weighted by molar-refractivity contribution is -0.591. The molecule has 0 aliphatic rings. The average molecular weight is 462 g/mol. The third-order valence-electron chi connectivity index (χ3n) is 4.31. The monoisotopic (exact) mass is 462 g/mol. The number of halogens is 2. The van der Waals surface area contributed by atoms with Crippen LogP contribution >= 0.6 is 0 Å². The number of hydrogen-bond donors (Lipinski definition) is 1. The van der Waals surface area contributed by atoms with Gasteiger partial charge in [-0.05, 0) is 18.2 Å². The third-order valence-corrected chi connectivity index (χ3v) is 7.85.